The van der Waals surface area contributed by atoms with Crippen molar-refractivity contribution in [3.8, 4) is 0 Å². The van der Waals surface area contributed by atoms with Gasteiger partial charge in [0.2, 0.25) is 5.91 Å². The van der Waals surface area contributed by atoms with E-state index in [-0.39, 0.29) is 12.0 Å². The van der Waals surface area contributed by atoms with Gasteiger partial charge in [0.1, 0.15) is 6.10 Å². The van der Waals surface area contributed by atoms with Gasteiger partial charge in [0.15, 0.2) is 0 Å². The molecule has 1 atom stereocenters. The van der Waals surface area contributed by atoms with Crippen LogP contribution in [0.1, 0.15) is 25.7 Å². The number of nitrogens with one attached hydrogen (secondary N) is 1. The zero-order valence-corrected chi connectivity index (χ0v) is 6.51. The van der Waals surface area contributed by atoms with Crippen molar-refractivity contribution >= 4 is 5.91 Å². The maximum atomic E-state index is 11.3. The molecule has 2 rings (SSSR count). The molecule has 0 radical (unpaired) electrons. The third kappa shape index (κ3) is 1.71. The quantitative estimate of drug-likeness (QED) is 0.628. The highest BCUT2D eigenvalue weighted by molar-refractivity contribution is 5.81. The van der Waals surface area contributed by atoms with Gasteiger partial charge in [-0.25, -0.2) is 0 Å². The van der Waals surface area contributed by atoms with E-state index in [1.54, 1.807) is 0 Å². The van der Waals surface area contributed by atoms with Crippen LogP contribution >= 0.6 is 0 Å². The number of hydrogen-bond donors (Lipinski definition) is 1. The van der Waals surface area contributed by atoms with Gasteiger partial charge in [0.05, 0.1) is 0 Å². The lowest BCUT2D eigenvalue weighted by Gasteiger charge is -2.08. The second-order valence-electron chi connectivity index (χ2n) is 3.28. The highest BCUT2D eigenvalue weighted by Gasteiger charge is 2.29. The van der Waals surface area contributed by atoms with Crippen LogP contribution in [0.25, 0.3) is 0 Å². The Hall–Kier alpha value is -0.570. The Bertz CT molecular complexity index is 159. The van der Waals surface area contributed by atoms with Crippen molar-refractivity contribution in [2.75, 3.05) is 6.61 Å². The first-order chi connectivity index (χ1) is 5.36. The summed E-state index contributed by atoms with van der Waals surface area (Å²) in [5.74, 6) is 0.102. The van der Waals surface area contributed by atoms with E-state index in [1.165, 1.54) is 0 Å². The molecule has 1 amide bonds. The van der Waals surface area contributed by atoms with Gasteiger partial charge < -0.3 is 10.1 Å². The third-order valence-electron chi connectivity index (χ3n) is 2.15. The molecule has 1 aliphatic heterocycles. The van der Waals surface area contributed by atoms with Gasteiger partial charge in [-0.15, -0.1) is 0 Å². The molecule has 0 aromatic rings. The van der Waals surface area contributed by atoms with E-state index in [1.807, 2.05) is 0 Å². The molecule has 0 bridgehead atoms. The molecule has 3 nitrogen and oxygen atoms in total. The Balaban J connectivity index is 1.77. The number of ether oxygens (including phenoxy) is 1. The summed E-state index contributed by atoms with van der Waals surface area (Å²) < 4.78 is 5.23. The molecule has 1 heterocycles. The van der Waals surface area contributed by atoms with Gasteiger partial charge in [-0.2, -0.15) is 0 Å². The van der Waals surface area contributed by atoms with Crippen LogP contribution in [0, 0.1) is 0 Å². The van der Waals surface area contributed by atoms with Crippen molar-refractivity contribution in [2.45, 2.75) is 37.8 Å². The van der Waals surface area contributed by atoms with Crippen LogP contribution in [0.4, 0.5) is 0 Å². The average molecular weight is 155 g/mol. The molecule has 1 aliphatic carbocycles. The maximum absolute atomic E-state index is 11.3. The molecule has 2 aliphatic rings. The van der Waals surface area contributed by atoms with Gasteiger partial charge in [0.25, 0.3) is 0 Å². The number of amides is 1. The molecule has 2 fully saturated rings. The lowest BCUT2D eigenvalue weighted by Crippen LogP contribution is -2.35. The van der Waals surface area contributed by atoms with Crippen molar-refractivity contribution in [1.29, 1.82) is 0 Å². The first-order valence-electron chi connectivity index (χ1n) is 4.28. The molecule has 62 valence electrons. The van der Waals surface area contributed by atoms with Gasteiger partial charge in [0, 0.05) is 12.6 Å². The van der Waals surface area contributed by atoms with Gasteiger partial charge in [-0.3, -0.25) is 4.79 Å². The fourth-order valence-corrected chi connectivity index (χ4v) is 1.31. The molecule has 3 heteroatoms. The fraction of sp³-hybridized carbons (Fsp3) is 0.875. The summed E-state index contributed by atoms with van der Waals surface area (Å²) in [7, 11) is 0. The van der Waals surface area contributed by atoms with E-state index < -0.39 is 0 Å². The number of carbonyl (C=O) groups is 1. The monoisotopic (exact) mass is 155 g/mol. The molecular weight excluding hydrogens is 142 g/mol. The van der Waals surface area contributed by atoms with E-state index >= 15 is 0 Å². The smallest absolute Gasteiger partial charge is 0.249 e. The second-order valence-corrected chi connectivity index (χ2v) is 3.28. The van der Waals surface area contributed by atoms with Crippen LogP contribution in [0.3, 0.4) is 0 Å². The standard InChI is InChI=1S/C8H13NO2/c10-8(9-6-3-4-6)7-2-1-5-11-7/h6-7H,1-5H2,(H,9,10)/t7-/m0/s1. The molecule has 0 aromatic heterocycles. The summed E-state index contributed by atoms with van der Waals surface area (Å²) in [6.45, 7) is 0.753. The van der Waals surface area contributed by atoms with Crippen LogP contribution < -0.4 is 5.32 Å². The predicted octanol–water partition coefficient (Wildman–Crippen LogP) is 0.444. The van der Waals surface area contributed by atoms with Gasteiger partial charge >= 0.3 is 0 Å². The van der Waals surface area contributed by atoms with Crippen molar-refractivity contribution in [3.05, 3.63) is 0 Å². The summed E-state index contributed by atoms with van der Waals surface area (Å²) in [6, 6.07) is 0.465. The molecular formula is C8H13NO2. The lowest BCUT2D eigenvalue weighted by atomic mass is 10.2. The predicted molar refractivity (Wildman–Crippen MR) is 40.1 cm³/mol. The van der Waals surface area contributed by atoms with Crippen LogP contribution in [0.2, 0.25) is 0 Å². The minimum atomic E-state index is -0.143. The average Bonchev–Trinajstić information content (AvgIpc) is 2.67. The molecule has 11 heavy (non-hydrogen) atoms. The van der Waals surface area contributed by atoms with E-state index in [2.05, 4.69) is 5.32 Å². The number of hydrogen-bond acceptors (Lipinski definition) is 2. The summed E-state index contributed by atoms with van der Waals surface area (Å²) in [5, 5.41) is 2.93. The molecule has 1 saturated heterocycles. The zero-order valence-electron chi connectivity index (χ0n) is 6.51. The number of rotatable bonds is 2. The lowest BCUT2D eigenvalue weighted by molar-refractivity contribution is -0.130. The summed E-state index contributed by atoms with van der Waals surface area (Å²) >= 11 is 0. The zero-order chi connectivity index (χ0) is 7.68. The van der Waals surface area contributed by atoms with E-state index in [4.69, 9.17) is 4.74 Å². The summed E-state index contributed by atoms with van der Waals surface area (Å²) in [6.07, 6.45) is 4.09. The molecule has 1 N–H and O–H groups in total. The minimum Gasteiger partial charge on any atom is -0.368 e. The van der Waals surface area contributed by atoms with E-state index in [0.717, 1.165) is 32.3 Å². The Labute approximate surface area is 66.1 Å². The molecule has 0 unspecified atom stereocenters. The van der Waals surface area contributed by atoms with Crippen molar-refractivity contribution < 1.29 is 9.53 Å². The van der Waals surface area contributed by atoms with Crippen LogP contribution in [-0.2, 0) is 9.53 Å². The summed E-state index contributed by atoms with van der Waals surface area (Å²) in [4.78, 5) is 11.3. The number of carbonyl (C=O) groups excluding carboxylic acids is 1. The van der Waals surface area contributed by atoms with E-state index in [0.29, 0.717) is 6.04 Å². The highest BCUT2D eigenvalue weighted by Crippen LogP contribution is 2.20. The third-order valence-corrected chi connectivity index (χ3v) is 2.15. The van der Waals surface area contributed by atoms with Crippen LogP contribution in [-0.4, -0.2) is 24.7 Å². The highest BCUT2D eigenvalue weighted by atomic mass is 16.5. The largest absolute Gasteiger partial charge is 0.368 e. The Kier molecular flexibility index (Phi) is 1.82. The Morgan fingerprint density at radius 2 is 2.18 bits per heavy atom. The van der Waals surface area contributed by atoms with Crippen molar-refractivity contribution in [2.24, 2.45) is 0 Å². The normalized spacial score (nSPS) is 30.4. The molecule has 1 saturated carbocycles. The Morgan fingerprint density at radius 3 is 2.73 bits per heavy atom. The molecule has 0 spiro atoms. The molecule has 0 aromatic carbocycles. The first kappa shape index (κ1) is 7.10. The second kappa shape index (κ2) is 2.81. The van der Waals surface area contributed by atoms with Crippen molar-refractivity contribution in [1.82, 2.24) is 5.32 Å². The summed E-state index contributed by atoms with van der Waals surface area (Å²) in [5.41, 5.74) is 0. The van der Waals surface area contributed by atoms with Crippen LogP contribution in [0.5, 0.6) is 0 Å². The van der Waals surface area contributed by atoms with Crippen LogP contribution in [0.15, 0.2) is 0 Å². The van der Waals surface area contributed by atoms with Gasteiger partial charge in [-0.1, -0.05) is 0 Å². The topological polar surface area (TPSA) is 38.3 Å². The van der Waals surface area contributed by atoms with Crippen molar-refractivity contribution in [3.63, 3.8) is 0 Å². The minimum absolute atomic E-state index is 0.102. The maximum Gasteiger partial charge on any atom is 0.249 e. The van der Waals surface area contributed by atoms with E-state index in [9.17, 15) is 4.79 Å². The first-order valence-corrected chi connectivity index (χ1v) is 4.28. The van der Waals surface area contributed by atoms with Gasteiger partial charge in [-0.05, 0) is 25.7 Å². The fourth-order valence-electron chi connectivity index (χ4n) is 1.31. The SMILES string of the molecule is O=C(NC1CC1)[C@@H]1CCCO1. The Morgan fingerprint density at radius 1 is 1.36 bits per heavy atom.